The third-order valence-electron chi connectivity index (χ3n) is 2.26. The number of rotatable bonds is 2. The number of hydrazine groups is 1. The molecule has 0 saturated carbocycles. The van der Waals surface area contributed by atoms with Gasteiger partial charge in [-0.15, -0.1) is 0 Å². The van der Waals surface area contributed by atoms with E-state index in [0.29, 0.717) is 0 Å². The Morgan fingerprint density at radius 1 is 1.11 bits per heavy atom. The number of halogens is 3. The van der Waals surface area contributed by atoms with E-state index in [1.54, 1.807) is 0 Å². The van der Waals surface area contributed by atoms with E-state index < -0.39 is 23.4 Å². The van der Waals surface area contributed by atoms with Crippen molar-refractivity contribution in [3.63, 3.8) is 0 Å². The monoisotopic (exact) mass is 256 g/mol. The molecule has 0 spiro atoms. The molecular formula is C11H7F3N2O2. The van der Waals surface area contributed by atoms with Crippen LogP contribution in [0.3, 0.4) is 0 Å². The lowest BCUT2D eigenvalue weighted by Crippen LogP contribution is -2.29. The summed E-state index contributed by atoms with van der Waals surface area (Å²) in [5.74, 6) is -0.403. The maximum absolute atomic E-state index is 13.4. The van der Waals surface area contributed by atoms with Crippen molar-refractivity contribution in [2.24, 2.45) is 5.84 Å². The van der Waals surface area contributed by atoms with E-state index in [9.17, 15) is 18.0 Å². The van der Waals surface area contributed by atoms with Crippen molar-refractivity contribution in [1.82, 2.24) is 5.43 Å². The predicted octanol–water partition coefficient (Wildman–Crippen LogP) is 1.97. The van der Waals surface area contributed by atoms with Crippen LogP contribution in [0.15, 0.2) is 28.7 Å². The molecule has 18 heavy (non-hydrogen) atoms. The molecule has 0 radical (unpaired) electrons. The van der Waals surface area contributed by atoms with Crippen LogP contribution in [-0.4, -0.2) is 5.91 Å². The van der Waals surface area contributed by atoms with Crippen molar-refractivity contribution in [3.05, 3.63) is 47.5 Å². The van der Waals surface area contributed by atoms with E-state index in [4.69, 9.17) is 10.3 Å². The quantitative estimate of drug-likeness (QED) is 0.373. The third kappa shape index (κ3) is 1.95. The van der Waals surface area contributed by atoms with Crippen molar-refractivity contribution in [3.8, 4) is 11.3 Å². The van der Waals surface area contributed by atoms with Crippen molar-refractivity contribution in [2.45, 2.75) is 0 Å². The molecule has 94 valence electrons. The summed E-state index contributed by atoms with van der Waals surface area (Å²) < 4.78 is 44.2. The highest BCUT2D eigenvalue weighted by atomic mass is 19.2. The third-order valence-corrected chi connectivity index (χ3v) is 2.26. The van der Waals surface area contributed by atoms with E-state index in [-0.39, 0.29) is 17.1 Å². The second-order valence-corrected chi connectivity index (χ2v) is 3.36. The maximum Gasteiger partial charge on any atom is 0.300 e. The Morgan fingerprint density at radius 2 is 1.83 bits per heavy atom. The maximum atomic E-state index is 13.4. The highest BCUT2D eigenvalue weighted by Crippen LogP contribution is 2.27. The van der Waals surface area contributed by atoms with Gasteiger partial charge in [0.25, 0.3) is 0 Å². The van der Waals surface area contributed by atoms with Crippen LogP contribution in [0.2, 0.25) is 0 Å². The van der Waals surface area contributed by atoms with E-state index in [1.807, 2.05) is 5.43 Å². The van der Waals surface area contributed by atoms with E-state index >= 15 is 0 Å². The first-order chi connectivity index (χ1) is 8.54. The summed E-state index contributed by atoms with van der Waals surface area (Å²) in [6.07, 6.45) is 0. The zero-order chi connectivity index (χ0) is 13.3. The number of benzene rings is 1. The normalized spacial score (nSPS) is 10.4. The van der Waals surface area contributed by atoms with E-state index in [2.05, 4.69) is 0 Å². The summed E-state index contributed by atoms with van der Waals surface area (Å²) in [5.41, 5.74) is 1.53. The summed E-state index contributed by atoms with van der Waals surface area (Å²) in [6.45, 7) is 0. The molecule has 3 N–H and O–H groups in total. The van der Waals surface area contributed by atoms with Crippen molar-refractivity contribution in [1.29, 1.82) is 0 Å². The topological polar surface area (TPSA) is 68.3 Å². The second kappa shape index (κ2) is 4.53. The fourth-order valence-corrected chi connectivity index (χ4v) is 1.39. The first-order valence-electron chi connectivity index (χ1n) is 4.79. The van der Waals surface area contributed by atoms with Crippen LogP contribution < -0.4 is 11.3 Å². The molecule has 7 heteroatoms. The number of carbonyl (C=O) groups is 1. The molecule has 0 unspecified atom stereocenters. The SMILES string of the molecule is NNC(=O)c1ccc(-c2ccc(F)c(F)c2F)o1. The first kappa shape index (κ1) is 12.2. The smallest absolute Gasteiger partial charge is 0.300 e. The molecule has 1 aromatic heterocycles. The Morgan fingerprint density at radius 3 is 2.50 bits per heavy atom. The lowest BCUT2D eigenvalue weighted by molar-refractivity contribution is 0.0927. The van der Waals surface area contributed by atoms with Gasteiger partial charge in [-0.25, -0.2) is 19.0 Å². The molecule has 0 aliphatic rings. The fraction of sp³-hybridized carbons (Fsp3) is 0. The molecule has 0 fully saturated rings. The van der Waals surface area contributed by atoms with Gasteiger partial charge in [0.2, 0.25) is 0 Å². The van der Waals surface area contributed by atoms with Crippen molar-refractivity contribution in [2.75, 3.05) is 0 Å². The summed E-state index contributed by atoms with van der Waals surface area (Å²) in [4.78, 5) is 11.1. The van der Waals surface area contributed by atoms with Crippen molar-refractivity contribution < 1.29 is 22.4 Å². The highest BCUT2D eigenvalue weighted by Gasteiger charge is 2.18. The minimum absolute atomic E-state index is 0.106. The number of nitrogens with two attached hydrogens (primary N) is 1. The number of hydrogen-bond acceptors (Lipinski definition) is 3. The number of nitrogens with one attached hydrogen (secondary N) is 1. The van der Waals surface area contributed by atoms with Gasteiger partial charge in [-0.05, 0) is 24.3 Å². The first-order valence-corrected chi connectivity index (χ1v) is 4.79. The van der Waals surface area contributed by atoms with Gasteiger partial charge in [-0.2, -0.15) is 0 Å². The van der Waals surface area contributed by atoms with Gasteiger partial charge in [0.15, 0.2) is 23.2 Å². The van der Waals surface area contributed by atoms with Crippen LogP contribution in [0.25, 0.3) is 11.3 Å². The molecule has 1 heterocycles. The van der Waals surface area contributed by atoms with Crippen LogP contribution in [0.4, 0.5) is 13.2 Å². The van der Waals surface area contributed by atoms with E-state index in [1.165, 1.54) is 12.1 Å². The number of hydrogen-bond donors (Lipinski definition) is 2. The summed E-state index contributed by atoms with van der Waals surface area (Å²) >= 11 is 0. The zero-order valence-corrected chi connectivity index (χ0v) is 8.84. The molecule has 0 aliphatic heterocycles. The number of nitrogen functional groups attached to an aromatic ring is 1. The molecule has 2 aromatic rings. The van der Waals surface area contributed by atoms with Crippen LogP contribution in [0, 0.1) is 17.5 Å². The fourth-order valence-electron chi connectivity index (χ4n) is 1.39. The summed E-state index contributed by atoms with van der Waals surface area (Å²) in [6, 6.07) is 4.26. The molecule has 0 saturated heterocycles. The number of carbonyl (C=O) groups excluding carboxylic acids is 1. The van der Waals surface area contributed by atoms with Crippen LogP contribution in [0.1, 0.15) is 10.6 Å². The van der Waals surface area contributed by atoms with Gasteiger partial charge < -0.3 is 4.42 Å². The highest BCUT2D eigenvalue weighted by molar-refractivity contribution is 5.91. The Hall–Kier alpha value is -2.28. The minimum atomic E-state index is -1.60. The Kier molecular flexibility index (Phi) is 3.07. The molecule has 0 atom stereocenters. The van der Waals surface area contributed by atoms with E-state index in [0.717, 1.165) is 12.1 Å². The van der Waals surface area contributed by atoms with Crippen LogP contribution in [-0.2, 0) is 0 Å². The molecular weight excluding hydrogens is 249 g/mol. The van der Waals surface area contributed by atoms with Crippen molar-refractivity contribution >= 4 is 5.91 Å². The molecule has 4 nitrogen and oxygen atoms in total. The van der Waals surface area contributed by atoms with Gasteiger partial charge in [-0.3, -0.25) is 10.2 Å². The second-order valence-electron chi connectivity index (χ2n) is 3.36. The lowest BCUT2D eigenvalue weighted by Gasteiger charge is -2.01. The van der Waals surface area contributed by atoms with Gasteiger partial charge in [0.1, 0.15) is 5.76 Å². The molecule has 2 rings (SSSR count). The van der Waals surface area contributed by atoms with Gasteiger partial charge in [0, 0.05) is 0 Å². The largest absolute Gasteiger partial charge is 0.451 e. The predicted molar refractivity (Wildman–Crippen MR) is 55.7 cm³/mol. The van der Waals surface area contributed by atoms with Gasteiger partial charge >= 0.3 is 5.91 Å². The zero-order valence-electron chi connectivity index (χ0n) is 8.84. The average Bonchev–Trinajstić information content (AvgIpc) is 2.84. The number of furan rings is 1. The average molecular weight is 256 g/mol. The Balaban J connectivity index is 2.47. The summed E-state index contributed by atoms with van der Waals surface area (Å²) in [5, 5.41) is 0. The molecule has 0 aliphatic carbocycles. The summed E-state index contributed by atoms with van der Waals surface area (Å²) in [7, 11) is 0. The Labute approximate surface area is 99.2 Å². The molecule has 0 bridgehead atoms. The number of amides is 1. The van der Waals surface area contributed by atoms with Crippen LogP contribution >= 0.6 is 0 Å². The molecule has 1 amide bonds. The van der Waals surface area contributed by atoms with Gasteiger partial charge in [-0.1, -0.05) is 0 Å². The standard InChI is InChI=1S/C11H7F3N2O2/c12-6-2-1-5(9(13)10(6)14)7-3-4-8(18-7)11(17)16-15/h1-4H,15H2,(H,16,17). The van der Waals surface area contributed by atoms with Gasteiger partial charge in [0.05, 0.1) is 5.56 Å². The van der Waals surface area contributed by atoms with Crippen LogP contribution in [0.5, 0.6) is 0 Å². The minimum Gasteiger partial charge on any atom is -0.451 e. The lowest BCUT2D eigenvalue weighted by atomic mass is 10.1. The Bertz CT molecular complexity index is 610. The molecule has 1 aromatic carbocycles.